The second-order valence-electron chi connectivity index (χ2n) is 14.3. The molecule has 1 amide bonds. The molecular weight excluding hydrogens is 716 g/mol. The molecule has 0 aromatic heterocycles. The van der Waals surface area contributed by atoms with Crippen LogP contribution in [-0.4, -0.2) is 73.6 Å². The number of nitrogens with zero attached hydrogens (tertiary/aromatic N) is 2. The first-order valence-corrected chi connectivity index (χ1v) is 18.1. The van der Waals surface area contributed by atoms with Crippen LogP contribution in [0.4, 0.5) is 33.7 Å². The van der Waals surface area contributed by atoms with Crippen LogP contribution in [0.15, 0.2) is 73.3 Å². The average molecular weight is 775 g/mol. The van der Waals surface area contributed by atoms with Gasteiger partial charge in [0, 0.05) is 43.1 Å². The smallest absolute Gasteiger partial charge is 0.416 e. The maximum Gasteiger partial charge on any atom is 0.416 e. The Bertz CT molecular complexity index is 1610. The van der Waals surface area contributed by atoms with Gasteiger partial charge in [-0.3, -0.25) is 0 Å². The van der Waals surface area contributed by atoms with Crippen LogP contribution in [-0.2, 0) is 33.5 Å². The van der Waals surface area contributed by atoms with Gasteiger partial charge in [0.05, 0.1) is 29.9 Å². The van der Waals surface area contributed by atoms with Gasteiger partial charge in [-0.2, -0.15) is 13.2 Å². The molecule has 0 heterocycles. The molecule has 0 aliphatic rings. The van der Waals surface area contributed by atoms with E-state index >= 15 is 4.39 Å². The lowest BCUT2D eigenvalue weighted by molar-refractivity contribution is -0.137. The minimum absolute atomic E-state index is 0.0751. The zero-order valence-electron chi connectivity index (χ0n) is 33.1. The zero-order chi connectivity index (χ0) is 41.9. The Morgan fingerprint density at radius 2 is 1.55 bits per heavy atom. The van der Waals surface area contributed by atoms with Crippen molar-refractivity contribution in [3.05, 3.63) is 101 Å². The molecule has 0 radical (unpaired) electrons. The molecule has 3 aromatic rings. The lowest BCUT2D eigenvalue weighted by Gasteiger charge is -2.33. The molecule has 3 aromatic carbocycles. The fraction of sp³-hybridized carbons (Fsp3) is 0.452. The highest BCUT2D eigenvalue weighted by Gasteiger charge is 2.32. The van der Waals surface area contributed by atoms with Crippen LogP contribution in [0.25, 0.3) is 5.70 Å². The van der Waals surface area contributed by atoms with E-state index in [0.717, 1.165) is 37.0 Å². The summed E-state index contributed by atoms with van der Waals surface area (Å²) in [5.74, 6) is -0.464. The number of anilines is 2. The highest BCUT2D eigenvalue weighted by molar-refractivity contribution is 5.73. The van der Waals surface area contributed by atoms with E-state index in [0.29, 0.717) is 17.9 Å². The molecule has 0 saturated heterocycles. The Hall–Kier alpha value is -4.91. The van der Waals surface area contributed by atoms with Gasteiger partial charge in [-0.05, 0) is 82.9 Å². The van der Waals surface area contributed by atoms with Crippen LogP contribution < -0.4 is 15.5 Å². The van der Waals surface area contributed by atoms with Crippen LogP contribution in [0.3, 0.4) is 0 Å². The van der Waals surface area contributed by atoms with Gasteiger partial charge in [0.25, 0.3) is 0 Å². The van der Waals surface area contributed by atoms with E-state index in [4.69, 9.17) is 14.3 Å². The van der Waals surface area contributed by atoms with Gasteiger partial charge in [0.15, 0.2) is 5.82 Å². The van der Waals surface area contributed by atoms with E-state index in [9.17, 15) is 23.1 Å². The standard InChI is InChI=1S/C40H54F4N4O3.2CH2O/c1-9-10-14-20-47(8)35-24-32(45-27(2)3)23-33(37(35)41)28(4)46-34(22-29-16-12-11-13-17-29)36(49)26-48(38(50)51-39(5,6)7)25-30-18-15-19-31(21-30)40(42,43)44;2*1-2/h11-13,15-19,21,23-24,27,34,36,45-46,49H,4,9-10,14,20,22,25-26H2,1-3,5-8H3;2*1H2. The second-order valence-corrected chi connectivity index (χ2v) is 14.3. The molecule has 0 saturated carbocycles. The highest BCUT2D eigenvalue weighted by atomic mass is 19.4. The van der Waals surface area contributed by atoms with Crippen LogP contribution >= 0.6 is 0 Å². The number of aliphatic hydroxyl groups excluding tert-OH is 1. The van der Waals surface area contributed by atoms with Crippen molar-refractivity contribution in [1.82, 2.24) is 10.2 Å². The number of carbonyl (C=O) groups is 3. The zero-order valence-corrected chi connectivity index (χ0v) is 33.1. The Balaban J connectivity index is 0.00000365. The molecule has 0 fully saturated rings. The highest BCUT2D eigenvalue weighted by Crippen LogP contribution is 2.32. The van der Waals surface area contributed by atoms with Gasteiger partial charge in [0.1, 0.15) is 19.2 Å². The van der Waals surface area contributed by atoms with Crippen molar-refractivity contribution in [3.63, 3.8) is 0 Å². The van der Waals surface area contributed by atoms with Gasteiger partial charge >= 0.3 is 12.3 Å². The molecule has 0 spiro atoms. The number of benzene rings is 3. The second kappa shape index (κ2) is 23.1. The summed E-state index contributed by atoms with van der Waals surface area (Å²) in [4.78, 5) is 32.5. The number of unbranched alkanes of at least 4 members (excludes halogenated alkanes) is 2. The third kappa shape index (κ3) is 16.6. The van der Waals surface area contributed by atoms with Crippen molar-refractivity contribution in [2.24, 2.45) is 0 Å². The maximum atomic E-state index is 16.3. The third-order valence-electron chi connectivity index (χ3n) is 8.15. The lowest BCUT2D eigenvalue weighted by atomic mass is 9.99. The van der Waals surface area contributed by atoms with E-state index in [1.54, 1.807) is 32.9 Å². The maximum absolute atomic E-state index is 16.3. The van der Waals surface area contributed by atoms with E-state index in [1.165, 1.54) is 17.0 Å². The summed E-state index contributed by atoms with van der Waals surface area (Å²) in [6, 6.07) is 16.8. The molecule has 3 rings (SSSR count). The fourth-order valence-corrected chi connectivity index (χ4v) is 5.64. The molecular formula is C42H58F4N4O5. The van der Waals surface area contributed by atoms with Crippen LogP contribution in [0.5, 0.6) is 0 Å². The predicted octanol–water partition coefficient (Wildman–Crippen LogP) is 8.89. The van der Waals surface area contributed by atoms with E-state index in [1.807, 2.05) is 69.7 Å². The summed E-state index contributed by atoms with van der Waals surface area (Å²) in [7, 11) is 1.85. The van der Waals surface area contributed by atoms with Crippen LogP contribution in [0.1, 0.15) is 83.1 Å². The summed E-state index contributed by atoms with van der Waals surface area (Å²) in [5, 5.41) is 18.4. The number of hydrogen-bond donors (Lipinski definition) is 3. The van der Waals surface area contributed by atoms with Crippen molar-refractivity contribution < 1.29 is 41.8 Å². The SMILES string of the molecule is C=C(NC(Cc1ccccc1)C(O)CN(Cc1cccc(C(F)(F)F)c1)C(=O)OC(C)(C)C)c1cc(NC(C)C)cc(N(C)CCCCC)c1F.C=O.C=O. The van der Waals surface area contributed by atoms with Crippen molar-refractivity contribution in [2.75, 3.05) is 30.4 Å². The minimum atomic E-state index is -4.57. The van der Waals surface area contributed by atoms with Crippen molar-refractivity contribution >= 4 is 36.7 Å². The summed E-state index contributed by atoms with van der Waals surface area (Å²) >= 11 is 0. The number of alkyl halides is 3. The van der Waals surface area contributed by atoms with Crippen LogP contribution in [0.2, 0.25) is 0 Å². The van der Waals surface area contributed by atoms with Crippen molar-refractivity contribution in [3.8, 4) is 0 Å². The Labute approximate surface area is 323 Å². The van der Waals surface area contributed by atoms with Crippen LogP contribution in [0, 0.1) is 5.82 Å². The normalized spacial score (nSPS) is 12.2. The molecule has 0 aliphatic heterocycles. The Morgan fingerprint density at radius 1 is 0.927 bits per heavy atom. The van der Waals surface area contributed by atoms with Gasteiger partial charge in [-0.25, -0.2) is 9.18 Å². The van der Waals surface area contributed by atoms with Gasteiger partial charge in [0.2, 0.25) is 0 Å². The van der Waals surface area contributed by atoms with Gasteiger partial charge < -0.3 is 39.9 Å². The number of rotatable bonds is 17. The number of carbonyl (C=O) groups excluding carboxylic acids is 3. The molecule has 3 N–H and O–H groups in total. The summed E-state index contributed by atoms with van der Waals surface area (Å²) in [6.07, 6.45) is -3.43. The number of aliphatic hydroxyl groups is 1. The molecule has 304 valence electrons. The van der Waals surface area contributed by atoms with E-state index in [2.05, 4.69) is 24.1 Å². The average Bonchev–Trinajstić information content (AvgIpc) is 3.12. The number of halogens is 4. The fourth-order valence-electron chi connectivity index (χ4n) is 5.64. The first kappa shape index (κ1) is 48.1. The molecule has 2 atom stereocenters. The quantitative estimate of drug-likeness (QED) is 0.0922. The number of hydrogen-bond acceptors (Lipinski definition) is 8. The monoisotopic (exact) mass is 774 g/mol. The molecule has 9 nitrogen and oxygen atoms in total. The molecule has 55 heavy (non-hydrogen) atoms. The molecule has 13 heteroatoms. The largest absolute Gasteiger partial charge is 0.444 e. The number of nitrogens with one attached hydrogen (secondary N) is 2. The summed E-state index contributed by atoms with van der Waals surface area (Å²) < 4.78 is 62.5. The third-order valence-corrected chi connectivity index (χ3v) is 8.15. The van der Waals surface area contributed by atoms with E-state index < -0.39 is 41.4 Å². The van der Waals surface area contributed by atoms with Gasteiger partial charge in [-0.15, -0.1) is 0 Å². The Morgan fingerprint density at radius 3 is 2.11 bits per heavy atom. The van der Waals surface area contributed by atoms with Crippen molar-refractivity contribution in [1.29, 1.82) is 0 Å². The molecule has 0 bridgehead atoms. The van der Waals surface area contributed by atoms with E-state index in [-0.39, 0.29) is 42.4 Å². The Kier molecular flexibility index (Phi) is 20.2. The summed E-state index contributed by atoms with van der Waals surface area (Å²) in [6.45, 7) is 19.4. The number of ether oxygens (including phenoxy) is 1. The minimum Gasteiger partial charge on any atom is -0.444 e. The first-order chi connectivity index (χ1) is 25.9. The molecule has 0 aliphatic carbocycles. The first-order valence-electron chi connectivity index (χ1n) is 18.1. The van der Waals surface area contributed by atoms with Crippen molar-refractivity contribution in [2.45, 2.75) is 104 Å². The summed E-state index contributed by atoms with van der Waals surface area (Å²) in [5.41, 5.74) is 0.879. The van der Waals surface area contributed by atoms with Gasteiger partial charge in [-0.1, -0.05) is 68.8 Å². The topological polar surface area (TPSA) is 111 Å². The predicted molar refractivity (Wildman–Crippen MR) is 212 cm³/mol. The number of amides is 1. The molecule has 2 unspecified atom stereocenters. The lowest BCUT2D eigenvalue weighted by Crippen LogP contribution is -2.49.